The van der Waals surface area contributed by atoms with Crippen molar-refractivity contribution in [3.05, 3.63) is 0 Å². The molecule has 1 fully saturated rings. The predicted octanol–water partition coefficient (Wildman–Crippen LogP) is -0.168. The molecule has 4 heteroatoms. The van der Waals surface area contributed by atoms with E-state index in [1.54, 1.807) is 4.90 Å². The van der Waals surface area contributed by atoms with Gasteiger partial charge in [0.25, 0.3) is 0 Å². The van der Waals surface area contributed by atoms with Crippen molar-refractivity contribution in [3.8, 4) is 12.3 Å². The molecule has 1 saturated heterocycles. The van der Waals surface area contributed by atoms with Crippen LogP contribution in [-0.2, 0) is 9.53 Å². The minimum Gasteiger partial charge on any atom is -0.379 e. The third kappa shape index (κ3) is 2.95. The van der Waals surface area contributed by atoms with Gasteiger partial charge >= 0.3 is 0 Å². The Morgan fingerprint density at radius 3 is 2.87 bits per heavy atom. The van der Waals surface area contributed by atoms with E-state index in [-0.39, 0.29) is 17.9 Å². The number of ether oxygens (including phenoxy) is 1. The van der Waals surface area contributed by atoms with E-state index in [1.807, 2.05) is 6.92 Å². The zero-order valence-corrected chi connectivity index (χ0v) is 9.11. The lowest BCUT2D eigenvalue weighted by Crippen LogP contribution is -2.44. The second-order valence-electron chi connectivity index (χ2n) is 3.77. The molecule has 1 aliphatic rings. The first-order chi connectivity index (χ1) is 7.20. The standard InChI is InChI=1S/C11H18N2O2/c1-3-5-13(6-4-2)11(14)9-7-15-8-10(9)12/h1,9-10H,4-8,12H2,2H3. The molecule has 0 aliphatic carbocycles. The van der Waals surface area contributed by atoms with Crippen molar-refractivity contribution in [2.45, 2.75) is 19.4 Å². The predicted molar refractivity (Wildman–Crippen MR) is 58.0 cm³/mol. The molecule has 1 amide bonds. The van der Waals surface area contributed by atoms with Crippen LogP contribution in [0.5, 0.6) is 0 Å². The van der Waals surface area contributed by atoms with Gasteiger partial charge in [0.15, 0.2) is 0 Å². The summed E-state index contributed by atoms with van der Waals surface area (Å²) >= 11 is 0. The summed E-state index contributed by atoms with van der Waals surface area (Å²) in [5.74, 6) is 2.31. The van der Waals surface area contributed by atoms with Crippen LogP contribution in [0.25, 0.3) is 0 Å². The molecule has 0 saturated carbocycles. The zero-order valence-electron chi connectivity index (χ0n) is 9.11. The van der Waals surface area contributed by atoms with Gasteiger partial charge in [0, 0.05) is 12.6 Å². The minimum atomic E-state index is -0.218. The van der Waals surface area contributed by atoms with E-state index >= 15 is 0 Å². The van der Waals surface area contributed by atoms with Crippen molar-refractivity contribution in [1.29, 1.82) is 0 Å². The van der Waals surface area contributed by atoms with Gasteiger partial charge in [-0.05, 0) is 6.42 Å². The average molecular weight is 210 g/mol. The summed E-state index contributed by atoms with van der Waals surface area (Å²) in [6, 6.07) is -0.186. The van der Waals surface area contributed by atoms with E-state index in [0.29, 0.717) is 26.3 Å². The molecule has 2 atom stereocenters. The first-order valence-corrected chi connectivity index (χ1v) is 5.26. The summed E-state index contributed by atoms with van der Waals surface area (Å²) in [5.41, 5.74) is 5.79. The molecule has 0 aromatic rings. The summed E-state index contributed by atoms with van der Waals surface area (Å²) in [4.78, 5) is 13.7. The van der Waals surface area contributed by atoms with Crippen LogP contribution in [0.15, 0.2) is 0 Å². The molecular weight excluding hydrogens is 192 g/mol. The number of nitrogens with zero attached hydrogens (tertiary/aromatic N) is 1. The number of carbonyl (C=O) groups is 1. The van der Waals surface area contributed by atoms with Gasteiger partial charge in [-0.3, -0.25) is 4.79 Å². The number of hydrogen-bond acceptors (Lipinski definition) is 3. The monoisotopic (exact) mass is 210 g/mol. The Balaban J connectivity index is 2.58. The Morgan fingerprint density at radius 1 is 1.67 bits per heavy atom. The van der Waals surface area contributed by atoms with Gasteiger partial charge in [-0.1, -0.05) is 12.8 Å². The molecule has 1 rings (SSSR count). The fourth-order valence-electron chi connectivity index (χ4n) is 1.71. The largest absolute Gasteiger partial charge is 0.379 e. The summed E-state index contributed by atoms with van der Waals surface area (Å²) in [5, 5.41) is 0. The second kappa shape index (κ2) is 5.74. The Bertz CT molecular complexity index is 260. The van der Waals surface area contributed by atoms with Crippen LogP contribution in [0, 0.1) is 18.3 Å². The number of amides is 1. The quantitative estimate of drug-likeness (QED) is 0.656. The van der Waals surface area contributed by atoms with Crippen molar-refractivity contribution in [2.24, 2.45) is 11.7 Å². The van der Waals surface area contributed by atoms with E-state index < -0.39 is 0 Å². The molecule has 1 heterocycles. The van der Waals surface area contributed by atoms with Gasteiger partial charge in [0.2, 0.25) is 5.91 Å². The van der Waals surface area contributed by atoms with Gasteiger partial charge < -0.3 is 15.4 Å². The number of hydrogen-bond donors (Lipinski definition) is 1. The van der Waals surface area contributed by atoms with Crippen molar-refractivity contribution >= 4 is 5.91 Å². The summed E-state index contributed by atoms with van der Waals surface area (Å²) in [7, 11) is 0. The zero-order chi connectivity index (χ0) is 11.3. The Morgan fingerprint density at radius 2 is 2.40 bits per heavy atom. The number of terminal acetylenes is 1. The van der Waals surface area contributed by atoms with E-state index in [9.17, 15) is 4.79 Å². The normalized spacial score (nSPS) is 24.9. The van der Waals surface area contributed by atoms with E-state index in [0.717, 1.165) is 6.42 Å². The van der Waals surface area contributed by atoms with Crippen molar-refractivity contribution in [3.63, 3.8) is 0 Å². The summed E-state index contributed by atoms with van der Waals surface area (Å²) in [6.45, 7) is 3.95. The van der Waals surface area contributed by atoms with Crippen LogP contribution in [0.2, 0.25) is 0 Å². The van der Waals surface area contributed by atoms with Crippen LogP contribution in [0.1, 0.15) is 13.3 Å². The minimum absolute atomic E-state index is 0.0276. The van der Waals surface area contributed by atoms with Gasteiger partial charge in [0.05, 0.1) is 25.7 Å². The fraction of sp³-hybridized carbons (Fsp3) is 0.727. The molecule has 15 heavy (non-hydrogen) atoms. The van der Waals surface area contributed by atoms with E-state index in [2.05, 4.69) is 5.92 Å². The van der Waals surface area contributed by atoms with Gasteiger partial charge in [-0.15, -0.1) is 6.42 Å². The fourth-order valence-corrected chi connectivity index (χ4v) is 1.71. The Labute approximate surface area is 90.8 Å². The SMILES string of the molecule is C#CCN(CCC)C(=O)C1COCC1N. The highest BCUT2D eigenvalue weighted by Crippen LogP contribution is 2.15. The molecule has 1 aliphatic heterocycles. The molecule has 2 N–H and O–H groups in total. The first kappa shape index (κ1) is 12.0. The number of carbonyl (C=O) groups excluding carboxylic acids is 1. The maximum absolute atomic E-state index is 12.0. The van der Waals surface area contributed by atoms with E-state index in [1.165, 1.54) is 0 Å². The lowest BCUT2D eigenvalue weighted by Gasteiger charge is -2.24. The molecule has 2 unspecified atom stereocenters. The van der Waals surface area contributed by atoms with E-state index in [4.69, 9.17) is 16.9 Å². The molecular formula is C11H18N2O2. The molecule has 0 aromatic heterocycles. The lowest BCUT2D eigenvalue weighted by molar-refractivity contribution is -0.135. The molecule has 0 spiro atoms. The second-order valence-corrected chi connectivity index (χ2v) is 3.77. The topological polar surface area (TPSA) is 55.6 Å². The van der Waals surface area contributed by atoms with Crippen LogP contribution in [-0.4, -0.2) is 43.2 Å². The maximum Gasteiger partial charge on any atom is 0.230 e. The smallest absolute Gasteiger partial charge is 0.230 e. The third-order valence-electron chi connectivity index (χ3n) is 2.53. The molecule has 0 bridgehead atoms. The summed E-state index contributed by atoms with van der Waals surface area (Å²) in [6.07, 6.45) is 6.12. The lowest BCUT2D eigenvalue weighted by atomic mass is 10.0. The van der Waals surface area contributed by atoms with Crippen LogP contribution >= 0.6 is 0 Å². The molecule has 0 aromatic carbocycles. The van der Waals surface area contributed by atoms with Gasteiger partial charge in [-0.25, -0.2) is 0 Å². The third-order valence-corrected chi connectivity index (χ3v) is 2.53. The van der Waals surface area contributed by atoms with Gasteiger partial charge in [-0.2, -0.15) is 0 Å². The Kier molecular flexibility index (Phi) is 4.60. The van der Waals surface area contributed by atoms with Crippen molar-refractivity contribution in [2.75, 3.05) is 26.3 Å². The van der Waals surface area contributed by atoms with Crippen molar-refractivity contribution < 1.29 is 9.53 Å². The van der Waals surface area contributed by atoms with Crippen LogP contribution in [0.3, 0.4) is 0 Å². The molecule has 84 valence electrons. The summed E-state index contributed by atoms with van der Waals surface area (Å²) < 4.78 is 5.17. The highest BCUT2D eigenvalue weighted by Gasteiger charge is 2.33. The Hall–Kier alpha value is -1.05. The van der Waals surface area contributed by atoms with Crippen LogP contribution < -0.4 is 5.73 Å². The highest BCUT2D eigenvalue weighted by molar-refractivity contribution is 5.80. The van der Waals surface area contributed by atoms with Crippen LogP contribution in [0.4, 0.5) is 0 Å². The molecule has 4 nitrogen and oxygen atoms in total. The highest BCUT2D eigenvalue weighted by atomic mass is 16.5. The number of rotatable bonds is 4. The number of nitrogens with two attached hydrogens (primary N) is 1. The maximum atomic E-state index is 12.0. The van der Waals surface area contributed by atoms with Crippen molar-refractivity contribution in [1.82, 2.24) is 4.90 Å². The van der Waals surface area contributed by atoms with Gasteiger partial charge in [0.1, 0.15) is 0 Å². The average Bonchev–Trinajstić information content (AvgIpc) is 2.63. The first-order valence-electron chi connectivity index (χ1n) is 5.26. The molecule has 0 radical (unpaired) electrons.